The number of ether oxygens (including phenoxy) is 4. The summed E-state index contributed by atoms with van der Waals surface area (Å²) in [7, 11) is 0. The van der Waals surface area contributed by atoms with Crippen LogP contribution in [0.4, 0.5) is 0 Å². The van der Waals surface area contributed by atoms with Gasteiger partial charge < -0.3 is 54.7 Å². The van der Waals surface area contributed by atoms with Gasteiger partial charge in [0.2, 0.25) is 6.29 Å². The molecule has 2 saturated heterocycles. The number of hydrogen-bond donors (Lipinski definition) is 7. The zero-order valence-electron chi connectivity index (χ0n) is 26.0. The van der Waals surface area contributed by atoms with E-state index in [0.29, 0.717) is 24.2 Å². The fourth-order valence-electron chi connectivity index (χ4n) is 9.41. The number of rotatable bonds is 6. The summed E-state index contributed by atoms with van der Waals surface area (Å²) in [6.45, 7) is 9.56. The Morgan fingerprint density at radius 1 is 0.886 bits per heavy atom. The number of carbonyl (C=O) groups is 1. The lowest BCUT2D eigenvalue weighted by molar-refractivity contribution is -0.363. The minimum absolute atomic E-state index is 0.0256. The van der Waals surface area contributed by atoms with Crippen LogP contribution < -0.4 is 0 Å². The fourth-order valence-corrected chi connectivity index (χ4v) is 9.41. The molecule has 44 heavy (non-hydrogen) atoms. The average molecular weight is 629 g/mol. The molecule has 16 atom stereocenters. The van der Waals surface area contributed by atoms with Gasteiger partial charge >= 0.3 is 5.97 Å². The first-order valence-electron chi connectivity index (χ1n) is 16.2. The van der Waals surface area contributed by atoms with Gasteiger partial charge in [0.05, 0.1) is 18.6 Å². The van der Waals surface area contributed by atoms with E-state index in [1.165, 1.54) is 5.57 Å². The van der Waals surface area contributed by atoms with Crippen LogP contribution >= 0.6 is 0 Å². The molecule has 5 rings (SSSR count). The van der Waals surface area contributed by atoms with Gasteiger partial charge in [-0.25, -0.2) is 0 Å². The minimum Gasteiger partial charge on any atom is -0.432 e. The average Bonchev–Trinajstić information content (AvgIpc) is 3.20. The summed E-state index contributed by atoms with van der Waals surface area (Å²) in [5.74, 6) is 0.931. The van der Waals surface area contributed by atoms with Crippen LogP contribution in [0.15, 0.2) is 12.2 Å². The second-order valence-electron chi connectivity index (χ2n) is 14.5. The van der Waals surface area contributed by atoms with Gasteiger partial charge in [0.15, 0.2) is 12.4 Å². The number of hydrogen-bond acceptors (Lipinski definition) is 12. The van der Waals surface area contributed by atoms with Crippen molar-refractivity contribution in [2.45, 2.75) is 134 Å². The van der Waals surface area contributed by atoms with Gasteiger partial charge in [0, 0.05) is 0 Å². The van der Waals surface area contributed by atoms with Crippen LogP contribution in [0.3, 0.4) is 0 Å². The molecule has 12 heteroatoms. The third kappa shape index (κ3) is 5.89. The highest BCUT2D eigenvalue weighted by atomic mass is 16.8. The highest BCUT2D eigenvalue weighted by molar-refractivity contribution is 5.77. The van der Waals surface area contributed by atoms with Gasteiger partial charge in [-0.15, -0.1) is 0 Å². The maximum absolute atomic E-state index is 14.3. The van der Waals surface area contributed by atoms with Crippen LogP contribution in [0.1, 0.15) is 72.1 Å². The van der Waals surface area contributed by atoms with E-state index in [1.54, 1.807) is 0 Å². The number of aliphatic hydroxyl groups is 7. The molecule has 2 heterocycles. The molecule has 0 aromatic carbocycles. The Kier molecular flexibility index (Phi) is 10.2. The molecule has 0 aromatic rings. The van der Waals surface area contributed by atoms with Gasteiger partial charge in [-0.1, -0.05) is 32.4 Å². The lowest BCUT2D eigenvalue weighted by atomic mass is 9.50. The molecule has 12 nitrogen and oxygen atoms in total. The predicted octanol–water partition coefficient (Wildman–Crippen LogP) is 0.369. The SMILES string of the molecule is C=C1CC[C@@H]2[C@@H](C)C(CCC3[C@](C)(C(=O)OC4OC(CO)C(O)C(O)C4OC4OC(CO)C(O)C(O)C4O)CCC[C@]32C)C1. The van der Waals surface area contributed by atoms with Crippen LogP contribution in [0.25, 0.3) is 0 Å². The highest BCUT2D eigenvalue weighted by Crippen LogP contribution is 2.63. The molecule has 12 unspecified atom stereocenters. The first kappa shape index (κ1) is 34.2. The molecule has 0 aromatic heterocycles. The largest absolute Gasteiger partial charge is 0.432 e. The second kappa shape index (κ2) is 13.1. The molecule has 3 saturated carbocycles. The van der Waals surface area contributed by atoms with Crippen molar-refractivity contribution in [2.75, 3.05) is 13.2 Å². The maximum Gasteiger partial charge on any atom is 0.314 e. The molecular formula is C32H52O12. The highest BCUT2D eigenvalue weighted by Gasteiger charge is 2.60. The van der Waals surface area contributed by atoms with Crippen LogP contribution in [0.5, 0.6) is 0 Å². The van der Waals surface area contributed by atoms with Gasteiger partial charge in [0.25, 0.3) is 0 Å². The Hall–Kier alpha value is -1.19. The third-order valence-corrected chi connectivity index (χ3v) is 12.0. The summed E-state index contributed by atoms with van der Waals surface area (Å²) in [5, 5.41) is 72.0. The van der Waals surface area contributed by atoms with Crippen molar-refractivity contribution >= 4 is 5.97 Å². The Balaban J connectivity index is 1.40. The fraction of sp³-hybridized carbons (Fsp3) is 0.906. The van der Waals surface area contributed by atoms with Crippen LogP contribution in [0.2, 0.25) is 0 Å². The lowest BCUT2D eigenvalue weighted by Gasteiger charge is -2.55. The van der Waals surface area contributed by atoms with Crippen molar-refractivity contribution in [1.82, 2.24) is 0 Å². The van der Waals surface area contributed by atoms with Crippen molar-refractivity contribution < 1.29 is 59.5 Å². The Bertz CT molecular complexity index is 1040. The number of carbonyl (C=O) groups excluding carboxylic acids is 1. The molecule has 5 aliphatic rings. The van der Waals surface area contributed by atoms with Crippen LogP contribution in [-0.2, 0) is 23.7 Å². The maximum atomic E-state index is 14.3. The van der Waals surface area contributed by atoms with E-state index in [2.05, 4.69) is 20.4 Å². The van der Waals surface area contributed by atoms with Gasteiger partial charge in [-0.2, -0.15) is 0 Å². The smallest absolute Gasteiger partial charge is 0.314 e. The molecule has 0 amide bonds. The zero-order chi connectivity index (χ0) is 32.1. The summed E-state index contributed by atoms with van der Waals surface area (Å²) >= 11 is 0. The van der Waals surface area contributed by atoms with E-state index in [4.69, 9.17) is 18.9 Å². The molecule has 2 aliphatic heterocycles. The molecule has 0 radical (unpaired) electrons. The van der Waals surface area contributed by atoms with E-state index >= 15 is 0 Å². The predicted molar refractivity (Wildman–Crippen MR) is 154 cm³/mol. The molecule has 2 bridgehead atoms. The van der Waals surface area contributed by atoms with Crippen molar-refractivity contribution in [1.29, 1.82) is 0 Å². The Morgan fingerprint density at radius 2 is 1.52 bits per heavy atom. The van der Waals surface area contributed by atoms with E-state index in [-0.39, 0.29) is 11.3 Å². The van der Waals surface area contributed by atoms with Crippen molar-refractivity contribution in [3.8, 4) is 0 Å². The van der Waals surface area contributed by atoms with E-state index < -0.39 is 86.0 Å². The van der Waals surface area contributed by atoms with Gasteiger partial charge in [-0.3, -0.25) is 4.79 Å². The summed E-state index contributed by atoms with van der Waals surface area (Å²) in [6, 6.07) is 0. The Labute approximate surface area is 259 Å². The second-order valence-corrected chi connectivity index (χ2v) is 14.5. The molecule has 252 valence electrons. The van der Waals surface area contributed by atoms with E-state index in [9.17, 15) is 40.5 Å². The Morgan fingerprint density at radius 3 is 2.18 bits per heavy atom. The molecule has 7 N–H and O–H groups in total. The topological polar surface area (TPSA) is 196 Å². The van der Waals surface area contributed by atoms with Crippen molar-refractivity contribution in [3.05, 3.63) is 12.2 Å². The monoisotopic (exact) mass is 628 g/mol. The van der Waals surface area contributed by atoms with Crippen LogP contribution in [-0.4, -0.2) is 116 Å². The standard InChI is InChI=1S/C32H52O12/c1-15-6-8-18-16(2)17(12-15)7-9-21-31(18,3)10-5-11-32(21,4)30(40)44-29-27(25(38)23(36)20(14-34)42-29)43-28-26(39)24(37)22(35)19(13-33)41-28/h16-29,33-39H,1,5-14H2,2-4H3/t16-,17?,18+,19?,20?,21?,22?,23?,24?,25?,26?,27?,28?,29?,31-,32+/m0/s1. The number of allylic oxidation sites excluding steroid dienone is 1. The number of fused-ring (bicyclic) bond motifs is 4. The van der Waals surface area contributed by atoms with Gasteiger partial charge in [-0.05, 0) is 81.0 Å². The van der Waals surface area contributed by atoms with E-state index in [1.807, 2.05) is 6.92 Å². The summed E-state index contributed by atoms with van der Waals surface area (Å²) in [4.78, 5) is 14.3. The van der Waals surface area contributed by atoms with E-state index in [0.717, 1.165) is 44.9 Å². The normalized spacial score (nSPS) is 51.5. The van der Waals surface area contributed by atoms with Crippen molar-refractivity contribution in [2.24, 2.45) is 34.5 Å². The molecule has 5 fully saturated rings. The lowest BCUT2D eigenvalue weighted by Crippen LogP contribution is -2.65. The van der Waals surface area contributed by atoms with Crippen molar-refractivity contribution in [3.63, 3.8) is 0 Å². The summed E-state index contributed by atoms with van der Waals surface area (Å²) in [5.41, 5.74) is 0.319. The quantitative estimate of drug-likeness (QED) is 0.158. The molecule has 0 spiro atoms. The first-order chi connectivity index (χ1) is 20.8. The number of esters is 1. The molecular weight excluding hydrogens is 576 g/mol. The number of aliphatic hydroxyl groups excluding tert-OH is 7. The van der Waals surface area contributed by atoms with Crippen LogP contribution in [0, 0.1) is 34.5 Å². The van der Waals surface area contributed by atoms with Gasteiger partial charge in [0.1, 0.15) is 42.7 Å². The first-order valence-corrected chi connectivity index (χ1v) is 16.2. The zero-order valence-corrected chi connectivity index (χ0v) is 26.0. The molecule has 3 aliphatic carbocycles. The minimum atomic E-state index is -1.80. The summed E-state index contributed by atoms with van der Waals surface area (Å²) < 4.78 is 23.0. The third-order valence-electron chi connectivity index (χ3n) is 12.0. The summed E-state index contributed by atoms with van der Waals surface area (Å²) in [6.07, 6.45) is -8.69.